The minimum atomic E-state index is -2.46. The monoisotopic (exact) mass is 728 g/mol. The van der Waals surface area contributed by atoms with Crippen molar-refractivity contribution in [3.05, 3.63) is 216 Å². The first kappa shape index (κ1) is 19.3. The number of aromatic nitrogens is 2. The van der Waals surface area contributed by atoms with E-state index in [0.717, 1.165) is 16.7 Å². The molecule has 0 aliphatic heterocycles. The van der Waals surface area contributed by atoms with Crippen molar-refractivity contribution in [3.63, 3.8) is 0 Å². The van der Waals surface area contributed by atoms with Gasteiger partial charge in [-0.05, 0) is 102 Å². The summed E-state index contributed by atoms with van der Waals surface area (Å²) < 4.78 is 153. The van der Waals surface area contributed by atoms with E-state index in [1.54, 1.807) is 30.3 Å². The van der Waals surface area contributed by atoms with Gasteiger partial charge < -0.3 is 4.42 Å². The molecule has 10 aromatic rings. The second-order valence-electron chi connectivity index (χ2n) is 13.7. The Morgan fingerprint density at radius 2 is 1.05 bits per heavy atom. The SMILES string of the molecule is [2H]c1cc(-c2ccccc2)ccc1-c1ccc2oc3c(-c4cccc(-c5c([2H])c([2H])c6c(c5[2H])-c5c([2H])c([2H])c([2H])c([2H])c5C65c6c([2H])c([2H])c([2H])c([2H])c6-c6c([2H])c([2H])c([2H])c([2H])c65)c4)ncnc3c2c1. The third-order valence-corrected chi connectivity index (χ3v) is 10.8. The molecule has 0 bridgehead atoms. The van der Waals surface area contributed by atoms with Gasteiger partial charge in [-0.15, -0.1) is 0 Å². The van der Waals surface area contributed by atoms with E-state index in [-0.39, 0.29) is 55.6 Å². The summed E-state index contributed by atoms with van der Waals surface area (Å²) in [7, 11) is 0. The Bertz CT molecular complexity index is 4070. The Labute approximate surface area is 346 Å². The predicted octanol–water partition coefficient (Wildman–Crippen LogP) is 13.4. The Morgan fingerprint density at radius 1 is 0.446 bits per heavy atom. The maximum atomic E-state index is 10.0. The highest BCUT2D eigenvalue weighted by Gasteiger charge is 2.51. The van der Waals surface area contributed by atoms with E-state index in [9.17, 15) is 9.60 Å². The number of furan rings is 1. The summed E-state index contributed by atoms with van der Waals surface area (Å²) >= 11 is 0. The van der Waals surface area contributed by atoms with Crippen molar-refractivity contribution < 1.29 is 26.3 Å². The fraction of sp³-hybridized carbons (Fsp3) is 0.0189. The number of fused-ring (bicyclic) bond motifs is 13. The van der Waals surface area contributed by atoms with Crippen LogP contribution in [0.2, 0.25) is 0 Å². The first-order valence-corrected chi connectivity index (χ1v) is 17.8. The molecule has 0 saturated carbocycles. The molecule has 0 N–H and O–H groups in total. The van der Waals surface area contributed by atoms with Crippen LogP contribution in [-0.4, -0.2) is 9.97 Å². The summed E-state index contributed by atoms with van der Waals surface area (Å²) in [5, 5.41) is 0.662. The number of rotatable bonds is 4. The zero-order chi connectivity index (χ0) is 50.7. The molecule has 0 unspecified atom stereocenters. The molecule has 8 aromatic carbocycles. The second-order valence-corrected chi connectivity index (χ2v) is 13.7. The van der Waals surface area contributed by atoms with E-state index in [1.807, 2.05) is 60.7 Å². The van der Waals surface area contributed by atoms with Crippen LogP contribution in [0.15, 0.2) is 198 Å². The summed E-state index contributed by atoms with van der Waals surface area (Å²) in [5.41, 5.74) is 0.367. The van der Waals surface area contributed by atoms with Crippen LogP contribution in [0.4, 0.5) is 0 Å². The molecule has 2 aromatic heterocycles. The molecular weight excluding hydrogens is 681 g/mol. The Balaban J connectivity index is 1.08. The summed E-state index contributed by atoms with van der Waals surface area (Å²) in [4.78, 5) is 9.20. The number of nitrogens with zero attached hydrogens (tertiary/aromatic N) is 2. The largest absolute Gasteiger partial charge is 0.452 e. The normalized spacial score (nSPS) is 17.1. The Kier molecular flexibility index (Phi) is 4.07. The van der Waals surface area contributed by atoms with Crippen LogP contribution in [-0.2, 0) is 5.41 Å². The molecule has 0 amide bonds. The van der Waals surface area contributed by atoms with Crippen LogP contribution in [0, 0.1) is 0 Å². The van der Waals surface area contributed by atoms with Gasteiger partial charge in [-0.3, -0.25) is 0 Å². The van der Waals surface area contributed by atoms with E-state index in [0.29, 0.717) is 44.9 Å². The second kappa shape index (κ2) is 11.8. The molecule has 56 heavy (non-hydrogen) atoms. The van der Waals surface area contributed by atoms with E-state index in [2.05, 4.69) is 9.97 Å². The summed E-state index contributed by atoms with van der Waals surface area (Å²) in [6, 6.07) is 17.7. The van der Waals surface area contributed by atoms with Crippen LogP contribution in [0.5, 0.6) is 0 Å². The van der Waals surface area contributed by atoms with Gasteiger partial charge in [0.2, 0.25) is 0 Å². The smallest absolute Gasteiger partial charge is 0.180 e. The van der Waals surface area contributed by atoms with Crippen LogP contribution in [0.3, 0.4) is 0 Å². The number of benzene rings is 8. The maximum Gasteiger partial charge on any atom is 0.180 e. The van der Waals surface area contributed by atoms with Crippen LogP contribution in [0.25, 0.3) is 89.0 Å². The van der Waals surface area contributed by atoms with Crippen molar-refractivity contribution in [1.29, 1.82) is 0 Å². The summed E-state index contributed by atoms with van der Waals surface area (Å²) in [6.07, 6.45) is 1.38. The summed E-state index contributed by atoms with van der Waals surface area (Å²) in [6.45, 7) is 0. The molecule has 2 aliphatic rings. The van der Waals surface area contributed by atoms with Crippen molar-refractivity contribution in [2.24, 2.45) is 0 Å². The highest BCUT2D eigenvalue weighted by atomic mass is 16.3. The average molecular weight is 729 g/mol. The lowest BCUT2D eigenvalue weighted by molar-refractivity contribution is 0.667. The van der Waals surface area contributed by atoms with Gasteiger partial charge in [-0.25, -0.2) is 9.97 Å². The van der Waals surface area contributed by atoms with E-state index >= 15 is 0 Å². The van der Waals surface area contributed by atoms with Crippen LogP contribution < -0.4 is 0 Å². The molecule has 0 radical (unpaired) electrons. The van der Waals surface area contributed by atoms with Crippen molar-refractivity contribution in [1.82, 2.24) is 9.97 Å². The number of hydrogen-bond acceptors (Lipinski definition) is 3. The first-order chi connectivity index (χ1) is 34.4. The lowest BCUT2D eigenvalue weighted by Crippen LogP contribution is -2.25. The fourth-order valence-electron chi connectivity index (χ4n) is 8.30. The average Bonchev–Trinajstić information content (AvgIpc) is 4.03. The van der Waals surface area contributed by atoms with E-state index in [1.165, 1.54) is 6.33 Å². The molecule has 1 spiro atoms. The summed E-state index contributed by atoms with van der Waals surface area (Å²) in [5.74, 6) is 0. The minimum Gasteiger partial charge on any atom is -0.452 e. The van der Waals surface area contributed by atoms with E-state index in [4.69, 9.17) is 16.8 Å². The highest BCUT2D eigenvalue weighted by Crippen LogP contribution is 2.63. The van der Waals surface area contributed by atoms with Gasteiger partial charge in [0.1, 0.15) is 23.1 Å². The van der Waals surface area contributed by atoms with Gasteiger partial charge in [0, 0.05) is 10.9 Å². The highest BCUT2D eigenvalue weighted by molar-refractivity contribution is 6.08. The molecule has 2 aliphatic carbocycles. The first-order valence-electron chi connectivity index (χ1n) is 25.8. The van der Waals surface area contributed by atoms with Crippen molar-refractivity contribution in [2.45, 2.75) is 5.41 Å². The molecule has 2 heterocycles. The third-order valence-electron chi connectivity index (χ3n) is 10.8. The quantitative estimate of drug-likeness (QED) is 0.181. The molecule has 12 rings (SSSR count). The third kappa shape index (κ3) is 4.34. The molecule has 3 nitrogen and oxygen atoms in total. The molecule has 0 saturated heterocycles. The van der Waals surface area contributed by atoms with Gasteiger partial charge in [0.05, 0.1) is 27.3 Å². The van der Waals surface area contributed by atoms with Gasteiger partial charge in [0.25, 0.3) is 0 Å². The number of hydrogen-bond donors (Lipinski definition) is 0. The van der Waals surface area contributed by atoms with Gasteiger partial charge >= 0.3 is 0 Å². The minimum absolute atomic E-state index is 0.136. The Morgan fingerprint density at radius 3 is 1.80 bits per heavy atom. The maximum absolute atomic E-state index is 10.0. The zero-order valence-electron chi connectivity index (χ0n) is 45.0. The van der Waals surface area contributed by atoms with Crippen molar-refractivity contribution >= 4 is 22.1 Å². The van der Waals surface area contributed by atoms with Crippen LogP contribution in [0.1, 0.15) is 44.2 Å². The molecule has 0 fully saturated rings. The topological polar surface area (TPSA) is 38.9 Å². The van der Waals surface area contributed by atoms with Gasteiger partial charge in [0.15, 0.2) is 5.58 Å². The van der Waals surface area contributed by atoms with Crippen LogP contribution >= 0.6 is 0 Å². The predicted molar refractivity (Wildman–Crippen MR) is 227 cm³/mol. The molecule has 260 valence electrons. The Hall–Kier alpha value is -7.36. The molecule has 0 atom stereocenters. The van der Waals surface area contributed by atoms with Gasteiger partial charge in [-0.2, -0.15) is 0 Å². The zero-order valence-corrected chi connectivity index (χ0v) is 29.0. The van der Waals surface area contributed by atoms with Crippen molar-refractivity contribution in [3.8, 4) is 66.9 Å². The molecular formula is C53H32N2O. The standard InChI is InChI=1S/C53H32N2O/c1-2-11-33(12-3-1)34-21-23-35(24-22-34)37-26-28-49-44(31-37)51-52(56-49)50(54-32-55-51)39-14-10-13-36(29-39)38-25-27-48-43(30-38)42-17-6-9-20-47(42)53(48)45-18-7-4-15-40(45)41-16-5-8-19-46(41)53/h1-32H/i4D,5D,6D,7D,8D,9D,15D,16D,17D,18D,19D,20D,23D,25D,27D,30D. The lowest BCUT2D eigenvalue weighted by Gasteiger charge is -2.30. The lowest BCUT2D eigenvalue weighted by atomic mass is 9.70. The fourth-order valence-corrected chi connectivity index (χ4v) is 8.30. The van der Waals surface area contributed by atoms with Crippen molar-refractivity contribution in [2.75, 3.05) is 0 Å². The van der Waals surface area contributed by atoms with Gasteiger partial charge in [-0.1, -0.05) is 163 Å². The van der Waals surface area contributed by atoms with E-state index < -0.39 is 96.1 Å². The molecule has 3 heteroatoms.